The number of thiophene rings is 1. The Morgan fingerprint density at radius 3 is 2.65 bits per heavy atom. The van der Waals surface area contributed by atoms with Gasteiger partial charge < -0.3 is 4.43 Å². The summed E-state index contributed by atoms with van der Waals surface area (Å²) in [7, 11) is -1.70. The van der Waals surface area contributed by atoms with Gasteiger partial charge in [-0.25, -0.2) is 0 Å². The molecule has 1 aliphatic rings. The summed E-state index contributed by atoms with van der Waals surface area (Å²) in [5.41, 5.74) is 1.34. The van der Waals surface area contributed by atoms with Crippen LogP contribution in [0.25, 0.3) is 5.76 Å². The molecule has 1 aromatic rings. The van der Waals surface area contributed by atoms with E-state index in [4.69, 9.17) is 4.43 Å². The Labute approximate surface area is 110 Å². The molecule has 0 atom stereocenters. The highest BCUT2D eigenvalue weighted by atomic mass is 32.1. The van der Waals surface area contributed by atoms with Crippen LogP contribution in [0.15, 0.2) is 17.5 Å². The summed E-state index contributed by atoms with van der Waals surface area (Å²) in [6, 6.07) is 2.21. The molecule has 0 aromatic carbocycles. The zero-order valence-corrected chi connectivity index (χ0v) is 13.3. The van der Waals surface area contributed by atoms with Crippen molar-refractivity contribution in [2.75, 3.05) is 0 Å². The Morgan fingerprint density at radius 1 is 1.29 bits per heavy atom. The normalized spacial score (nSPS) is 16.4. The van der Waals surface area contributed by atoms with Gasteiger partial charge in [0.25, 0.3) is 0 Å². The molecule has 94 valence electrons. The Morgan fingerprint density at radius 2 is 2.00 bits per heavy atom. The van der Waals surface area contributed by atoms with Crippen LogP contribution in [0, 0.1) is 0 Å². The van der Waals surface area contributed by atoms with Crippen LogP contribution in [-0.4, -0.2) is 8.32 Å². The topological polar surface area (TPSA) is 9.23 Å². The Hall–Kier alpha value is -0.543. The van der Waals surface area contributed by atoms with Crippen molar-refractivity contribution >= 4 is 25.4 Å². The standard InChI is InChI=1S/C14H22OSSi/c1-14(2,3)17(4,5)15-12-7-6-8-13-11(12)9-10-16-13/h7,9-10H,6,8H2,1-5H3. The number of fused-ring (bicyclic) bond motifs is 1. The predicted octanol–water partition coefficient (Wildman–Crippen LogP) is 5.06. The average molecular weight is 266 g/mol. The third-order valence-corrected chi connectivity index (χ3v) is 9.21. The van der Waals surface area contributed by atoms with Crippen molar-refractivity contribution in [1.82, 2.24) is 0 Å². The molecule has 0 radical (unpaired) electrons. The molecule has 0 amide bonds. The lowest BCUT2D eigenvalue weighted by Gasteiger charge is -2.38. The van der Waals surface area contributed by atoms with Crippen molar-refractivity contribution in [1.29, 1.82) is 0 Å². The van der Waals surface area contributed by atoms with Gasteiger partial charge in [-0.1, -0.05) is 20.8 Å². The maximum atomic E-state index is 6.43. The van der Waals surface area contributed by atoms with Crippen molar-refractivity contribution in [3.63, 3.8) is 0 Å². The predicted molar refractivity (Wildman–Crippen MR) is 78.9 cm³/mol. The minimum absolute atomic E-state index is 0.265. The lowest BCUT2D eigenvalue weighted by atomic mass is 10.1. The molecule has 1 aromatic heterocycles. The molecule has 0 unspecified atom stereocenters. The summed E-state index contributed by atoms with van der Waals surface area (Å²) < 4.78 is 6.43. The number of hydrogen-bond donors (Lipinski definition) is 0. The van der Waals surface area contributed by atoms with Crippen molar-refractivity contribution in [3.8, 4) is 0 Å². The summed E-state index contributed by atoms with van der Waals surface area (Å²) in [5, 5.41) is 2.44. The minimum Gasteiger partial charge on any atom is -0.543 e. The summed E-state index contributed by atoms with van der Waals surface area (Å²) >= 11 is 1.86. The van der Waals surface area contributed by atoms with Crippen LogP contribution < -0.4 is 0 Å². The van der Waals surface area contributed by atoms with E-state index in [-0.39, 0.29) is 5.04 Å². The number of allylic oxidation sites excluding steroid dienone is 1. The molecule has 1 aliphatic carbocycles. The zero-order valence-electron chi connectivity index (χ0n) is 11.5. The Bertz CT molecular complexity index is 437. The molecule has 1 nitrogen and oxygen atoms in total. The van der Waals surface area contributed by atoms with Crippen molar-refractivity contribution in [3.05, 3.63) is 28.0 Å². The van der Waals surface area contributed by atoms with Crippen LogP contribution in [-0.2, 0) is 10.8 Å². The quantitative estimate of drug-likeness (QED) is 0.680. The first kappa shape index (κ1) is 12.9. The first-order chi connectivity index (χ1) is 7.81. The second kappa shape index (κ2) is 4.29. The molecule has 0 bridgehead atoms. The maximum Gasteiger partial charge on any atom is 0.250 e. The number of rotatable bonds is 2. The van der Waals surface area contributed by atoms with Gasteiger partial charge in [-0.15, -0.1) is 11.3 Å². The smallest absolute Gasteiger partial charge is 0.250 e. The molecular formula is C14H22OSSi. The fraction of sp³-hybridized carbons (Fsp3) is 0.571. The van der Waals surface area contributed by atoms with Crippen LogP contribution in [0.4, 0.5) is 0 Å². The monoisotopic (exact) mass is 266 g/mol. The lowest BCUT2D eigenvalue weighted by Crippen LogP contribution is -2.40. The molecule has 0 fully saturated rings. The largest absolute Gasteiger partial charge is 0.543 e. The van der Waals surface area contributed by atoms with E-state index in [2.05, 4.69) is 51.4 Å². The molecule has 17 heavy (non-hydrogen) atoms. The van der Waals surface area contributed by atoms with E-state index >= 15 is 0 Å². The van der Waals surface area contributed by atoms with Crippen LogP contribution in [0.2, 0.25) is 18.1 Å². The molecule has 0 spiro atoms. The third-order valence-electron chi connectivity index (χ3n) is 3.88. The summed E-state index contributed by atoms with van der Waals surface area (Å²) in [4.78, 5) is 1.49. The molecular weight excluding hydrogens is 244 g/mol. The summed E-state index contributed by atoms with van der Waals surface area (Å²) in [5.74, 6) is 1.14. The molecule has 0 saturated carbocycles. The second-order valence-corrected chi connectivity index (χ2v) is 12.0. The van der Waals surface area contributed by atoms with Gasteiger partial charge in [0.2, 0.25) is 8.32 Å². The average Bonchev–Trinajstić information content (AvgIpc) is 2.64. The SMILES string of the molecule is CC(C)(C)[Si](C)(C)OC1=CCCc2sccc21. The molecule has 2 rings (SSSR count). The Balaban J connectivity index is 2.24. The van der Waals surface area contributed by atoms with Gasteiger partial charge in [-0.05, 0) is 48.5 Å². The van der Waals surface area contributed by atoms with E-state index in [1.54, 1.807) is 0 Å². The van der Waals surface area contributed by atoms with E-state index in [0.29, 0.717) is 0 Å². The highest BCUT2D eigenvalue weighted by Gasteiger charge is 2.40. The Kier molecular flexibility index (Phi) is 3.25. The number of aryl methyl sites for hydroxylation is 1. The fourth-order valence-corrected chi connectivity index (χ4v) is 3.67. The van der Waals surface area contributed by atoms with Crippen molar-refractivity contribution < 1.29 is 4.43 Å². The fourth-order valence-electron chi connectivity index (χ4n) is 1.72. The van der Waals surface area contributed by atoms with Gasteiger partial charge >= 0.3 is 0 Å². The highest BCUT2D eigenvalue weighted by molar-refractivity contribution is 7.10. The molecule has 0 N–H and O–H groups in total. The van der Waals surface area contributed by atoms with E-state index in [9.17, 15) is 0 Å². The van der Waals surface area contributed by atoms with E-state index in [0.717, 1.165) is 12.2 Å². The van der Waals surface area contributed by atoms with Gasteiger partial charge in [0.15, 0.2) is 0 Å². The van der Waals surface area contributed by atoms with Gasteiger partial charge in [0.1, 0.15) is 5.76 Å². The maximum absolute atomic E-state index is 6.43. The van der Waals surface area contributed by atoms with Crippen molar-refractivity contribution in [2.45, 2.75) is 51.7 Å². The van der Waals surface area contributed by atoms with Gasteiger partial charge in [0.05, 0.1) is 0 Å². The second-order valence-electron chi connectivity index (χ2n) is 6.23. The van der Waals surface area contributed by atoms with Gasteiger partial charge in [-0.3, -0.25) is 0 Å². The van der Waals surface area contributed by atoms with Gasteiger partial charge in [-0.2, -0.15) is 0 Å². The van der Waals surface area contributed by atoms with Crippen LogP contribution in [0.3, 0.4) is 0 Å². The lowest BCUT2D eigenvalue weighted by molar-refractivity contribution is 0.454. The number of hydrogen-bond acceptors (Lipinski definition) is 2. The van der Waals surface area contributed by atoms with Crippen LogP contribution in [0.5, 0.6) is 0 Å². The third kappa shape index (κ3) is 2.50. The minimum atomic E-state index is -1.70. The van der Waals surface area contributed by atoms with Crippen LogP contribution >= 0.6 is 11.3 Å². The first-order valence-electron chi connectivity index (χ1n) is 6.27. The zero-order chi connectivity index (χ0) is 12.7. The van der Waals surface area contributed by atoms with Crippen LogP contribution in [0.1, 0.15) is 37.6 Å². The molecule has 1 heterocycles. The van der Waals surface area contributed by atoms with Crippen molar-refractivity contribution in [2.24, 2.45) is 0 Å². The molecule has 3 heteroatoms. The first-order valence-corrected chi connectivity index (χ1v) is 10.1. The van der Waals surface area contributed by atoms with E-state index in [1.165, 1.54) is 16.9 Å². The summed E-state index contributed by atoms with van der Waals surface area (Å²) in [6.45, 7) is 11.5. The molecule has 0 aliphatic heterocycles. The van der Waals surface area contributed by atoms with E-state index in [1.807, 2.05) is 11.3 Å². The molecule has 0 saturated heterocycles. The van der Waals surface area contributed by atoms with Gasteiger partial charge in [0, 0.05) is 10.4 Å². The summed E-state index contributed by atoms with van der Waals surface area (Å²) in [6.07, 6.45) is 4.57. The van der Waals surface area contributed by atoms with E-state index < -0.39 is 8.32 Å². The highest BCUT2D eigenvalue weighted by Crippen LogP contribution is 2.41.